The lowest BCUT2D eigenvalue weighted by Gasteiger charge is -2.26. The third-order valence-electron chi connectivity index (χ3n) is 4.42. The Morgan fingerprint density at radius 3 is 2.67 bits per heavy atom. The van der Waals surface area contributed by atoms with Crippen LogP contribution in [0.15, 0.2) is 42.5 Å². The van der Waals surface area contributed by atoms with E-state index in [-0.39, 0.29) is 17.5 Å². The number of hydrogen-bond donors (Lipinski definition) is 0. The van der Waals surface area contributed by atoms with Crippen molar-refractivity contribution in [2.24, 2.45) is 0 Å². The van der Waals surface area contributed by atoms with Crippen LogP contribution in [0.3, 0.4) is 0 Å². The molecule has 3 rings (SSSR count). The minimum atomic E-state index is -0.491. The van der Waals surface area contributed by atoms with Crippen molar-refractivity contribution in [2.45, 2.75) is 18.9 Å². The highest BCUT2D eigenvalue weighted by Crippen LogP contribution is 2.39. The quantitative estimate of drug-likeness (QED) is 0.856. The molecule has 1 fully saturated rings. The highest BCUT2D eigenvalue weighted by Gasteiger charge is 2.33. The highest BCUT2D eigenvalue weighted by molar-refractivity contribution is 5.95. The van der Waals surface area contributed by atoms with Gasteiger partial charge in [0.15, 0.2) is 0 Å². The zero-order valence-corrected chi connectivity index (χ0v) is 13.8. The van der Waals surface area contributed by atoms with Crippen LogP contribution in [0.5, 0.6) is 11.5 Å². The number of likely N-dealkylation sites (tertiary alicyclic amines) is 1. The van der Waals surface area contributed by atoms with Gasteiger partial charge < -0.3 is 14.4 Å². The van der Waals surface area contributed by atoms with E-state index in [0.717, 1.165) is 18.4 Å². The van der Waals surface area contributed by atoms with Crippen LogP contribution in [0.1, 0.15) is 34.8 Å². The maximum Gasteiger partial charge on any atom is 0.257 e. The Morgan fingerprint density at radius 2 is 1.96 bits per heavy atom. The normalized spacial score (nSPS) is 17.0. The van der Waals surface area contributed by atoms with Crippen molar-refractivity contribution in [1.29, 1.82) is 0 Å². The van der Waals surface area contributed by atoms with Crippen molar-refractivity contribution in [1.82, 2.24) is 4.90 Å². The molecule has 1 amide bonds. The average Bonchev–Trinajstić information content (AvgIpc) is 3.10. The predicted octanol–water partition coefficient (Wildman–Crippen LogP) is 3.82. The lowest BCUT2D eigenvalue weighted by molar-refractivity contribution is 0.0729. The van der Waals surface area contributed by atoms with Crippen molar-refractivity contribution < 1.29 is 18.7 Å². The van der Waals surface area contributed by atoms with E-state index in [1.807, 2.05) is 12.1 Å². The summed E-state index contributed by atoms with van der Waals surface area (Å²) in [6, 6.07) is 11.5. The second-order valence-corrected chi connectivity index (χ2v) is 5.74. The Kier molecular flexibility index (Phi) is 4.69. The zero-order valence-electron chi connectivity index (χ0n) is 13.8. The van der Waals surface area contributed by atoms with E-state index in [1.165, 1.54) is 12.1 Å². The number of carbonyl (C=O) groups is 1. The first-order valence-electron chi connectivity index (χ1n) is 7.93. The fourth-order valence-electron chi connectivity index (χ4n) is 3.22. The van der Waals surface area contributed by atoms with Gasteiger partial charge in [0.05, 0.1) is 25.8 Å². The molecule has 1 heterocycles. The summed E-state index contributed by atoms with van der Waals surface area (Å²) >= 11 is 0. The van der Waals surface area contributed by atoms with Gasteiger partial charge in [-0.15, -0.1) is 0 Å². The minimum absolute atomic E-state index is 0.108. The Hall–Kier alpha value is -2.56. The van der Waals surface area contributed by atoms with Crippen molar-refractivity contribution in [3.8, 4) is 11.5 Å². The minimum Gasteiger partial charge on any atom is -0.497 e. The van der Waals surface area contributed by atoms with Crippen LogP contribution < -0.4 is 9.47 Å². The molecule has 0 aromatic heterocycles. The van der Waals surface area contributed by atoms with Crippen molar-refractivity contribution in [2.75, 3.05) is 20.8 Å². The van der Waals surface area contributed by atoms with Gasteiger partial charge in [-0.25, -0.2) is 4.39 Å². The molecule has 1 saturated heterocycles. The summed E-state index contributed by atoms with van der Waals surface area (Å²) in [5.74, 6) is 0.594. The molecule has 1 unspecified atom stereocenters. The summed E-state index contributed by atoms with van der Waals surface area (Å²) in [4.78, 5) is 14.5. The predicted molar refractivity (Wildman–Crippen MR) is 89.0 cm³/mol. The summed E-state index contributed by atoms with van der Waals surface area (Å²) in [5.41, 5.74) is 1.03. The second kappa shape index (κ2) is 6.91. The maximum absolute atomic E-state index is 14.0. The van der Waals surface area contributed by atoms with Crippen LogP contribution in [0.25, 0.3) is 0 Å². The molecule has 0 spiro atoms. The van der Waals surface area contributed by atoms with Gasteiger partial charge in [-0.3, -0.25) is 4.79 Å². The second-order valence-electron chi connectivity index (χ2n) is 5.74. The Bertz CT molecular complexity index is 747. The smallest absolute Gasteiger partial charge is 0.257 e. The van der Waals surface area contributed by atoms with E-state index in [2.05, 4.69) is 0 Å². The molecule has 4 nitrogen and oxygen atoms in total. The number of amides is 1. The summed E-state index contributed by atoms with van der Waals surface area (Å²) in [6.45, 7) is 0.604. The first-order valence-corrected chi connectivity index (χ1v) is 7.93. The number of ether oxygens (including phenoxy) is 2. The van der Waals surface area contributed by atoms with Gasteiger partial charge in [-0.2, -0.15) is 0 Å². The number of hydrogen-bond acceptors (Lipinski definition) is 3. The van der Waals surface area contributed by atoms with Crippen LogP contribution in [0.2, 0.25) is 0 Å². The van der Waals surface area contributed by atoms with Crippen LogP contribution in [-0.4, -0.2) is 31.6 Å². The van der Waals surface area contributed by atoms with Crippen LogP contribution in [-0.2, 0) is 0 Å². The topological polar surface area (TPSA) is 38.8 Å². The maximum atomic E-state index is 14.0. The zero-order chi connectivity index (χ0) is 17.1. The van der Waals surface area contributed by atoms with E-state index in [1.54, 1.807) is 37.3 Å². The summed E-state index contributed by atoms with van der Waals surface area (Å²) in [6.07, 6.45) is 1.70. The molecule has 1 aliphatic heterocycles. The number of halogens is 1. The monoisotopic (exact) mass is 329 g/mol. The largest absolute Gasteiger partial charge is 0.497 e. The molecular formula is C19H20FNO3. The molecule has 2 aromatic rings. The van der Waals surface area contributed by atoms with E-state index in [0.29, 0.717) is 18.0 Å². The van der Waals surface area contributed by atoms with Crippen LogP contribution >= 0.6 is 0 Å². The first-order chi connectivity index (χ1) is 11.7. The molecule has 2 aromatic carbocycles. The van der Waals surface area contributed by atoms with Crippen LogP contribution in [0.4, 0.5) is 4.39 Å². The summed E-state index contributed by atoms with van der Waals surface area (Å²) < 4.78 is 24.7. The van der Waals surface area contributed by atoms with Gasteiger partial charge in [0, 0.05) is 18.2 Å². The first kappa shape index (κ1) is 16.3. The molecule has 126 valence electrons. The molecule has 5 heteroatoms. The lowest BCUT2D eigenvalue weighted by Crippen LogP contribution is -2.31. The number of benzene rings is 2. The Morgan fingerprint density at radius 1 is 1.17 bits per heavy atom. The molecule has 1 atom stereocenters. The third kappa shape index (κ3) is 2.94. The highest BCUT2D eigenvalue weighted by atomic mass is 19.1. The molecule has 0 saturated carbocycles. The van der Waals surface area contributed by atoms with E-state index < -0.39 is 5.82 Å². The third-order valence-corrected chi connectivity index (χ3v) is 4.42. The standard InChI is InChI=1S/C19H20FNO3/c1-23-13-9-10-15(18(12-13)24-2)17-8-5-11-21(17)19(22)14-6-3-4-7-16(14)20/h3-4,6-7,9-10,12,17H,5,8,11H2,1-2H3. The molecule has 0 aliphatic carbocycles. The number of nitrogens with zero attached hydrogens (tertiary/aromatic N) is 1. The van der Waals surface area contributed by atoms with E-state index in [4.69, 9.17) is 9.47 Å². The Balaban J connectivity index is 1.94. The van der Waals surface area contributed by atoms with Gasteiger partial charge in [0.25, 0.3) is 5.91 Å². The fourth-order valence-corrected chi connectivity index (χ4v) is 3.22. The number of methoxy groups -OCH3 is 2. The molecular weight excluding hydrogens is 309 g/mol. The summed E-state index contributed by atoms with van der Waals surface area (Å²) in [7, 11) is 3.19. The SMILES string of the molecule is COc1ccc(C2CCCN2C(=O)c2ccccc2F)c(OC)c1. The van der Waals surface area contributed by atoms with E-state index >= 15 is 0 Å². The number of carbonyl (C=O) groups excluding carboxylic acids is 1. The van der Waals surface area contributed by atoms with Crippen molar-refractivity contribution >= 4 is 5.91 Å². The fraction of sp³-hybridized carbons (Fsp3) is 0.316. The van der Waals surface area contributed by atoms with Gasteiger partial charge in [-0.1, -0.05) is 12.1 Å². The van der Waals surface area contributed by atoms with Crippen molar-refractivity contribution in [3.63, 3.8) is 0 Å². The van der Waals surface area contributed by atoms with Gasteiger partial charge >= 0.3 is 0 Å². The summed E-state index contributed by atoms with van der Waals surface area (Å²) in [5, 5.41) is 0. The average molecular weight is 329 g/mol. The number of rotatable bonds is 4. The van der Waals surface area contributed by atoms with Gasteiger partial charge in [-0.05, 0) is 37.1 Å². The van der Waals surface area contributed by atoms with E-state index in [9.17, 15) is 9.18 Å². The Labute approximate surface area is 140 Å². The molecule has 24 heavy (non-hydrogen) atoms. The van der Waals surface area contributed by atoms with Crippen LogP contribution in [0, 0.1) is 5.82 Å². The van der Waals surface area contributed by atoms with Gasteiger partial charge in [0.2, 0.25) is 0 Å². The molecule has 0 bridgehead atoms. The molecule has 0 N–H and O–H groups in total. The molecule has 0 radical (unpaired) electrons. The van der Waals surface area contributed by atoms with Crippen molar-refractivity contribution in [3.05, 3.63) is 59.4 Å². The molecule has 1 aliphatic rings. The lowest BCUT2D eigenvalue weighted by atomic mass is 10.0. The van der Waals surface area contributed by atoms with Gasteiger partial charge in [0.1, 0.15) is 17.3 Å².